The second kappa shape index (κ2) is 7.91. The van der Waals surface area contributed by atoms with E-state index >= 15 is 0 Å². The van der Waals surface area contributed by atoms with Crippen molar-refractivity contribution in [2.75, 3.05) is 12.4 Å². The van der Waals surface area contributed by atoms with Crippen molar-refractivity contribution in [2.24, 2.45) is 5.10 Å². The molecular weight excluding hydrogens is 362 g/mol. The standard InChI is InChI=1S/C16H16BrN3OS/c1-11(14-5-3-4-6-15(14)17)19-20-16(22)18-12-7-9-13(21-2)10-8-12/h3-10H,1-2H3,(H2,18,20,22)/b19-11-. The molecule has 0 amide bonds. The first-order valence-electron chi connectivity index (χ1n) is 6.60. The number of thiocarbonyl (C=S) groups is 1. The third-order valence-corrected chi connectivity index (χ3v) is 3.82. The SMILES string of the molecule is COc1ccc(NC(=S)N/N=C(/C)c2ccccc2Br)cc1. The first-order valence-corrected chi connectivity index (χ1v) is 7.80. The maximum absolute atomic E-state index is 5.23. The fourth-order valence-electron chi connectivity index (χ4n) is 1.78. The van der Waals surface area contributed by atoms with Gasteiger partial charge in [-0.05, 0) is 49.5 Å². The third kappa shape index (κ3) is 4.54. The van der Waals surface area contributed by atoms with Crippen LogP contribution in [0.25, 0.3) is 0 Å². The highest BCUT2D eigenvalue weighted by molar-refractivity contribution is 9.10. The summed E-state index contributed by atoms with van der Waals surface area (Å²) in [5.41, 5.74) is 5.56. The van der Waals surface area contributed by atoms with Gasteiger partial charge in [0.1, 0.15) is 5.75 Å². The molecule has 114 valence electrons. The molecule has 0 saturated heterocycles. The molecule has 0 aromatic heterocycles. The molecule has 2 aromatic carbocycles. The van der Waals surface area contributed by atoms with Gasteiger partial charge in [-0.15, -0.1) is 0 Å². The van der Waals surface area contributed by atoms with Gasteiger partial charge in [0.25, 0.3) is 0 Å². The summed E-state index contributed by atoms with van der Waals surface area (Å²) >= 11 is 8.73. The molecule has 0 spiro atoms. The number of hydrogen-bond acceptors (Lipinski definition) is 3. The van der Waals surface area contributed by atoms with Gasteiger partial charge in [0, 0.05) is 15.7 Å². The largest absolute Gasteiger partial charge is 0.497 e. The highest BCUT2D eigenvalue weighted by atomic mass is 79.9. The molecule has 0 radical (unpaired) electrons. The number of hydrazone groups is 1. The van der Waals surface area contributed by atoms with Crippen LogP contribution in [0.15, 0.2) is 58.1 Å². The number of ether oxygens (including phenoxy) is 1. The Morgan fingerprint density at radius 2 is 1.82 bits per heavy atom. The molecule has 0 unspecified atom stereocenters. The smallest absolute Gasteiger partial charge is 0.191 e. The minimum Gasteiger partial charge on any atom is -0.497 e. The molecule has 2 rings (SSSR count). The summed E-state index contributed by atoms with van der Waals surface area (Å²) in [5.74, 6) is 0.798. The monoisotopic (exact) mass is 377 g/mol. The summed E-state index contributed by atoms with van der Waals surface area (Å²) in [7, 11) is 1.63. The quantitative estimate of drug-likeness (QED) is 0.476. The highest BCUT2D eigenvalue weighted by Gasteiger charge is 2.03. The third-order valence-electron chi connectivity index (χ3n) is 2.94. The number of halogens is 1. The molecule has 4 nitrogen and oxygen atoms in total. The molecule has 22 heavy (non-hydrogen) atoms. The predicted octanol–water partition coefficient (Wildman–Crippen LogP) is 4.17. The van der Waals surface area contributed by atoms with E-state index in [4.69, 9.17) is 17.0 Å². The Morgan fingerprint density at radius 3 is 2.45 bits per heavy atom. The Kier molecular flexibility index (Phi) is 5.91. The Hall–Kier alpha value is -1.92. The summed E-state index contributed by atoms with van der Waals surface area (Å²) < 4.78 is 6.10. The minimum atomic E-state index is 0.427. The van der Waals surface area contributed by atoms with Crippen molar-refractivity contribution in [3.05, 3.63) is 58.6 Å². The molecule has 0 heterocycles. The molecule has 0 aliphatic carbocycles. The molecule has 2 aromatic rings. The van der Waals surface area contributed by atoms with Crippen LogP contribution in [0.2, 0.25) is 0 Å². The molecule has 2 N–H and O–H groups in total. The van der Waals surface area contributed by atoms with Crippen molar-refractivity contribution in [2.45, 2.75) is 6.92 Å². The summed E-state index contributed by atoms with van der Waals surface area (Å²) in [5, 5.41) is 7.78. The molecule has 0 aliphatic heterocycles. The molecule has 6 heteroatoms. The van der Waals surface area contributed by atoms with E-state index in [-0.39, 0.29) is 0 Å². The van der Waals surface area contributed by atoms with Crippen LogP contribution in [0, 0.1) is 0 Å². The zero-order valence-electron chi connectivity index (χ0n) is 12.3. The lowest BCUT2D eigenvalue weighted by Gasteiger charge is -2.09. The summed E-state index contributed by atoms with van der Waals surface area (Å²) in [6, 6.07) is 15.4. The van der Waals surface area contributed by atoms with Crippen molar-refractivity contribution in [3.63, 3.8) is 0 Å². The second-order valence-corrected chi connectivity index (χ2v) is 5.73. The minimum absolute atomic E-state index is 0.427. The Labute approximate surface area is 143 Å². The lowest BCUT2D eigenvalue weighted by Crippen LogP contribution is -2.25. The lowest BCUT2D eigenvalue weighted by atomic mass is 10.1. The average molecular weight is 378 g/mol. The topological polar surface area (TPSA) is 45.6 Å². The summed E-state index contributed by atoms with van der Waals surface area (Å²) in [6.07, 6.45) is 0. The van der Waals surface area contributed by atoms with E-state index in [1.54, 1.807) is 7.11 Å². The van der Waals surface area contributed by atoms with Crippen LogP contribution in [0.5, 0.6) is 5.75 Å². The van der Waals surface area contributed by atoms with Gasteiger partial charge in [0.15, 0.2) is 5.11 Å². The molecule has 0 atom stereocenters. The number of anilines is 1. The Morgan fingerprint density at radius 1 is 1.14 bits per heavy atom. The van der Waals surface area contributed by atoms with E-state index < -0.39 is 0 Å². The van der Waals surface area contributed by atoms with Crippen LogP contribution < -0.4 is 15.5 Å². The maximum Gasteiger partial charge on any atom is 0.191 e. The zero-order valence-corrected chi connectivity index (χ0v) is 14.7. The van der Waals surface area contributed by atoms with Gasteiger partial charge in [-0.25, -0.2) is 0 Å². The van der Waals surface area contributed by atoms with Crippen LogP contribution in [-0.4, -0.2) is 17.9 Å². The van der Waals surface area contributed by atoms with Crippen LogP contribution in [0.1, 0.15) is 12.5 Å². The Bertz CT molecular complexity index is 686. The predicted molar refractivity (Wildman–Crippen MR) is 98.7 cm³/mol. The van der Waals surface area contributed by atoms with Crippen molar-refractivity contribution in [1.82, 2.24) is 5.43 Å². The van der Waals surface area contributed by atoms with Crippen molar-refractivity contribution in [3.8, 4) is 5.75 Å². The molecule has 0 saturated carbocycles. The van der Waals surface area contributed by atoms with Crippen LogP contribution >= 0.6 is 28.1 Å². The van der Waals surface area contributed by atoms with Gasteiger partial charge in [0.05, 0.1) is 12.8 Å². The van der Waals surface area contributed by atoms with Gasteiger partial charge in [-0.2, -0.15) is 5.10 Å². The number of benzene rings is 2. The van der Waals surface area contributed by atoms with E-state index in [1.165, 1.54) is 0 Å². The number of hydrogen-bond donors (Lipinski definition) is 2. The summed E-state index contributed by atoms with van der Waals surface area (Å²) in [6.45, 7) is 1.92. The molecule has 0 bridgehead atoms. The van der Waals surface area contributed by atoms with Gasteiger partial charge in [-0.1, -0.05) is 34.1 Å². The van der Waals surface area contributed by atoms with E-state index in [2.05, 4.69) is 31.8 Å². The van der Waals surface area contributed by atoms with Gasteiger partial charge in [-0.3, -0.25) is 5.43 Å². The van der Waals surface area contributed by atoms with Crippen molar-refractivity contribution in [1.29, 1.82) is 0 Å². The second-order valence-electron chi connectivity index (χ2n) is 4.47. The van der Waals surface area contributed by atoms with Gasteiger partial charge in [0.2, 0.25) is 0 Å². The van der Waals surface area contributed by atoms with Gasteiger partial charge >= 0.3 is 0 Å². The number of nitrogens with zero attached hydrogens (tertiary/aromatic N) is 1. The molecular formula is C16H16BrN3OS. The lowest BCUT2D eigenvalue weighted by molar-refractivity contribution is 0.415. The van der Waals surface area contributed by atoms with E-state index in [0.29, 0.717) is 5.11 Å². The number of methoxy groups -OCH3 is 1. The van der Waals surface area contributed by atoms with Crippen LogP contribution in [0.4, 0.5) is 5.69 Å². The zero-order chi connectivity index (χ0) is 15.9. The van der Waals surface area contributed by atoms with Crippen LogP contribution in [0.3, 0.4) is 0 Å². The fraction of sp³-hybridized carbons (Fsp3) is 0.125. The first kappa shape index (κ1) is 16.5. The van der Waals surface area contributed by atoms with Crippen molar-refractivity contribution >= 4 is 44.7 Å². The van der Waals surface area contributed by atoms with E-state index in [9.17, 15) is 0 Å². The fourth-order valence-corrected chi connectivity index (χ4v) is 2.52. The Balaban J connectivity index is 1.97. The molecule has 0 fully saturated rings. The highest BCUT2D eigenvalue weighted by Crippen LogP contribution is 2.17. The maximum atomic E-state index is 5.23. The summed E-state index contributed by atoms with van der Waals surface area (Å²) in [4.78, 5) is 0. The number of rotatable bonds is 4. The first-order chi connectivity index (χ1) is 10.6. The van der Waals surface area contributed by atoms with Crippen LogP contribution in [-0.2, 0) is 0 Å². The van der Waals surface area contributed by atoms with E-state index in [1.807, 2.05) is 55.5 Å². The van der Waals surface area contributed by atoms with Gasteiger partial charge < -0.3 is 10.1 Å². The average Bonchev–Trinajstić information content (AvgIpc) is 2.54. The number of nitrogens with one attached hydrogen (secondary N) is 2. The molecule has 0 aliphatic rings. The van der Waals surface area contributed by atoms with E-state index in [0.717, 1.165) is 27.2 Å². The van der Waals surface area contributed by atoms with Crippen molar-refractivity contribution < 1.29 is 4.74 Å². The normalized spacial score (nSPS) is 11.0.